The summed E-state index contributed by atoms with van der Waals surface area (Å²) in [5, 5.41) is 2.41. The molecular weight excluding hydrogens is 244 g/mol. The van der Waals surface area contributed by atoms with Crippen molar-refractivity contribution in [3.8, 4) is 0 Å². The smallest absolute Gasteiger partial charge is 0.325 e. The second-order valence-corrected chi connectivity index (χ2v) is 3.88. The molecule has 1 aromatic carbocycles. The molecule has 0 aliphatic heterocycles. The number of esters is 1. The van der Waals surface area contributed by atoms with Crippen LogP contribution in [0.3, 0.4) is 0 Å². The summed E-state index contributed by atoms with van der Waals surface area (Å²) in [7, 11) is 1.26. The van der Waals surface area contributed by atoms with Crippen molar-refractivity contribution < 1.29 is 14.3 Å². The van der Waals surface area contributed by atoms with Gasteiger partial charge in [0.25, 0.3) is 5.91 Å². The van der Waals surface area contributed by atoms with E-state index >= 15 is 0 Å². The normalized spacial score (nSPS) is 9.00. The van der Waals surface area contributed by atoms with Gasteiger partial charge >= 0.3 is 5.97 Å². The molecule has 0 spiro atoms. The van der Waals surface area contributed by atoms with E-state index in [1.165, 1.54) is 20.0 Å². The van der Waals surface area contributed by atoms with Crippen LogP contribution in [0.25, 0.3) is 0 Å². The van der Waals surface area contributed by atoms with Gasteiger partial charge in [0.1, 0.15) is 6.54 Å². The van der Waals surface area contributed by atoms with Gasteiger partial charge in [0, 0.05) is 11.3 Å². The molecule has 0 unspecified atom stereocenters. The Bertz CT molecular complexity index is 386. The quantitative estimate of drug-likeness (QED) is 0.645. The molecule has 0 aromatic heterocycles. The molecule has 0 aliphatic carbocycles. The van der Waals surface area contributed by atoms with Gasteiger partial charge in [-0.3, -0.25) is 9.59 Å². The highest BCUT2D eigenvalue weighted by Crippen LogP contribution is 2.04. The Kier molecular flexibility index (Phi) is 8.87. The van der Waals surface area contributed by atoms with E-state index in [1.54, 1.807) is 24.3 Å². The van der Waals surface area contributed by atoms with Gasteiger partial charge in [0.15, 0.2) is 0 Å². The van der Waals surface area contributed by atoms with Gasteiger partial charge < -0.3 is 15.8 Å². The summed E-state index contributed by atoms with van der Waals surface area (Å²) in [5.74, 6) is -0.820. The van der Waals surface area contributed by atoms with E-state index in [2.05, 4.69) is 23.9 Å². The number of nitrogens with two attached hydrogens (primary N) is 1. The first-order valence-corrected chi connectivity index (χ1v) is 6.25. The van der Waals surface area contributed by atoms with Crippen LogP contribution in [-0.2, 0) is 9.53 Å². The van der Waals surface area contributed by atoms with Crippen molar-refractivity contribution in [2.24, 2.45) is 0 Å². The number of ether oxygens (including phenoxy) is 1. The summed E-state index contributed by atoms with van der Waals surface area (Å²) in [4.78, 5) is 22.2. The molecule has 5 nitrogen and oxygen atoms in total. The fourth-order valence-electron chi connectivity index (χ4n) is 0.961. The van der Waals surface area contributed by atoms with Gasteiger partial charge in [0.05, 0.1) is 7.11 Å². The Labute approximate surface area is 114 Å². The lowest BCUT2D eigenvalue weighted by Crippen LogP contribution is -2.30. The lowest BCUT2D eigenvalue weighted by molar-refractivity contribution is -0.139. The van der Waals surface area contributed by atoms with Crippen molar-refractivity contribution in [2.45, 2.75) is 26.7 Å². The Balaban J connectivity index is 0.000000711. The highest BCUT2D eigenvalue weighted by atomic mass is 16.5. The first kappa shape index (κ1) is 17.0. The number of unbranched alkanes of at least 4 members (excludes halogenated alkanes) is 1. The Morgan fingerprint density at radius 2 is 1.68 bits per heavy atom. The fraction of sp³-hybridized carbons (Fsp3) is 0.429. The SMILES string of the molecule is CCCC.COC(=O)CNC(=O)c1ccc(N)cc1. The van der Waals surface area contributed by atoms with Gasteiger partial charge in [-0.2, -0.15) is 0 Å². The molecule has 0 bridgehead atoms. The largest absolute Gasteiger partial charge is 0.468 e. The molecule has 106 valence electrons. The molecular formula is C14H22N2O3. The Morgan fingerprint density at radius 3 is 2.11 bits per heavy atom. The third-order valence-corrected chi connectivity index (χ3v) is 2.29. The minimum Gasteiger partial charge on any atom is -0.468 e. The molecule has 0 fully saturated rings. The molecule has 1 rings (SSSR count). The topological polar surface area (TPSA) is 81.4 Å². The van der Waals surface area contributed by atoms with E-state index in [1.807, 2.05) is 0 Å². The van der Waals surface area contributed by atoms with Crippen LogP contribution in [0.15, 0.2) is 24.3 Å². The first-order valence-electron chi connectivity index (χ1n) is 6.25. The molecule has 0 atom stereocenters. The third-order valence-electron chi connectivity index (χ3n) is 2.29. The maximum Gasteiger partial charge on any atom is 0.325 e. The summed E-state index contributed by atoms with van der Waals surface area (Å²) < 4.78 is 4.38. The summed E-state index contributed by atoms with van der Waals surface area (Å²) >= 11 is 0. The molecule has 5 heteroatoms. The molecule has 1 aromatic rings. The van der Waals surface area contributed by atoms with Gasteiger partial charge in [-0.15, -0.1) is 0 Å². The molecule has 0 heterocycles. The first-order chi connectivity index (χ1) is 9.04. The van der Waals surface area contributed by atoms with Crippen LogP contribution in [0.4, 0.5) is 5.69 Å². The van der Waals surface area contributed by atoms with E-state index < -0.39 is 5.97 Å². The molecule has 0 aliphatic rings. The zero-order valence-corrected chi connectivity index (χ0v) is 11.7. The number of benzene rings is 1. The number of anilines is 1. The maximum absolute atomic E-state index is 11.4. The monoisotopic (exact) mass is 266 g/mol. The minimum absolute atomic E-state index is 0.139. The van der Waals surface area contributed by atoms with Crippen LogP contribution in [0, 0.1) is 0 Å². The van der Waals surface area contributed by atoms with Crippen LogP contribution in [-0.4, -0.2) is 25.5 Å². The van der Waals surface area contributed by atoms with Crippen molar-refractivity contribution in [2.75, 3.05) is 19.4 Å². The van der Waals surface area contributed by atoms with E-state index in [4.69, 9.17) is 5.73 Å². The number of rotatable bonds is 4. The van der Waals surface area contributed by atoms with E-state index in [0.717, 1.165) is 0 Å². The van der Waals surface area contributed by atoms with E-state index in [9.17, 15) is 9.59 Å². The second-order valence-electron chi connectivity index (χ2n) is 3.88. The van der Waals surface area contributed by atoms with Crippen molar-refractivity contribution in [3.05, 3.63) is 29.8 Å². The number of hydrogen-bond acceptors (Lipinski definition) is 4. The molecule has 3 N–H and O–H groups in total. The van der Waals surface area contributed by atoms with Crippen LogP contribution >= 0.6 is 0 Å². The summed E-state index contributed by atoms with van der Waals surface area (Å²) in [5.41, 5.74) is 6.50. The average molecular weight is 266 g/mol. The van der Waals surface area contributed by atoms with Crippen molar-refractivity contribution in [1.82, 2.24) is 5.32 Å². The fourth-order valence-corrected chi connectivity index (χ4v) is 0.961. The van der Waals surface area contributed by atoms with Gasteiger partial charge in [-0.25, -0.2) is 0 Å². The predicted octanol–water partition coefficient (Wildman–Crippen LogP) is 1.98. The lowest BCUT2D eigenvalue weighted by Gasteiger charge is -2.03. The van der Waals surface area contributed by atoms with Crippen LogP contribution in [0.2, 0.25) is 0 Å². The van der Waals surface area contributed by atoms with Gasteiger partial charge in [-0.1, -0.05) is 26.7 Å². The van der Waals surface area contributed by atoms with E-state index in [0.29, 0.717) is 11.3 Å². The van der Waals surface area contributed by atoms with Crippen molar-refractivity contribution in [3.63, 3.8) is 0 Å². The molecule has 0 radical (unpaired) electrons. The van der Waals surface area contributed by atoms with Crippen LogP contribution in [0.5, 0.6) is 0 Å². The summed E-state index contributed by atoms with van der Waals surface area (Å²) in [6, 6.07) is 6.41. The number of methoxy groups -OCH3 is 1. The average Bonchev–Trinajstić information content (AvgIpc) is 2.45. The Morgan fingerprint density at radius 1 is 1.16 bits per heavy atom. The van der Waals surface area contributed by atoms with Crippen molar-refractivity contribution in [1.29, 1.82) is 0 Å². The van der Waals surface area contributed by atoms with Crippen LogP contribution < -0.4 is 11.1 Å². The highest BCUT2D eigenvalue weighted by molar-refractivity contribution is 5.96. The third kappa shape index (κ3) is 7.81. The van der Waals surface area contributed by atoms with Crippen molar-refractivity contribution >= 4 is 17.6 Å². The predicted molar refractivity (Wildman–Crippen MR) is 75.8 cm³/mol. The standard InChI is InChI=1S/C10H12N2O3.C4H10/c1-15-9(13)6-12-10(14)7-2-4-8(11)5-3-7;1-3-4-2/h2-5H,6,11H2,1H3,(H,12,14);3-4H2,1-2H3. The maximum atomic E-state index is 11.4. The van der Waals surface area contributed by atoms with E-state index in [-0.39, 0.29) is 12.5 Å². The number of nitrogen functional groups attached to an aromatic ring is 1. The molecule has 0 saturated carbocycles. The number of nitrogens with one attached hydrogen (secondary N) is 1. The summed E-state index contributed by atoms with van der Waals surface area (Å²) in [6.07, 6.45) is 2.64. The summed E-state index contributed by atoms with van der Waals surface area (Å²) in [6.45, 7) is 4.22. The number of hydrogen-bond donors (Lipinski definition) is 2. The Hall–Kier alpha value is -2.04. The van der Waals surface area contributed by atoms with Gasteiger partial charge in [0.2, 0.25) is 0 Å². The lowest BCUT2D eigenvalue weighted by atomic mass is 10.2. The van der Waals surface area contributed by atoms with Gasteiger partial charge in [-0.05, 0) is 24.3 Å². The minimum atomic E-state index is -0.487. The molecule has 1 amide bonds. The zero-order chi connectivity index (χ0) is 14.7. The number of carbonyl (C=O) groups excluding carboxylic acids is 2. The molecule has 19 heavy (non-hydrogen) atoms. The number of carbonyl (C=O) groups is 2. The second kappa shape index (κ2) is 9.94. The number of amides is 1. The highest BCUT2D eigenvalue weighted by Gasteiger charge is 2.06. The molecule has 0 saturated heterocycles. The van der Waals surface area contributed by atoms with Crippen LogP contribution in [0.1, 0.15) is 37.0 Å². The zero-order valence-electron chi connectivity index (χ0n) is 11.7.